The largest absolute Gasteiger partial charge is 0.305 e. The molecule has 1 unspecified atom stereocenters. The summed E-state index contributed by atoms with van der Waals surface area (Å²) in [6.07, 6.45) is 4.50. The van der Waals surface area contributed by atoms with Gasteiger partial charge in [0.15, 0.2) is 0 Å². The molecule has 4 heteroatoms. The van der Waals surface area contributed by atoms with Gasteiger partial charge in [-0.25, -0.2) is 0 Å². The van der Waals surface area contributed by atoms with E-state index in [1.54, 1.807) is 0 Å². The van der Waals surface area contributed by atoms with Crippen LogP contribution in [-0.4, -0.2) is 35.3 Å². The number of nitrogens with one attached hydrogen (secondary N) is 1. The maximum Gasteiger partial charge on any atom is 0.247 e. The molecule has 1 atom stereocenters. The first-order valence-corrected chi connectivity index (χ1v) is 8.04. The Morgan fingerprint density at radius 3 is 2.30 bits per heavy atom. The number of carbonyl (C=O) groups excluding carboxylic acids is 2. The highest BCUT2D eigenvalue weighted by molar-refractivity contribution is 6.05. The van der Waals surface area contributed by atoms with E-state index in [-0.39, 0.29) is 23.9 Å². The van der Waals surface area contributed by atoms with Crippen LogP contribution < -0.4 is 5.32 Å². The Kier molecular flexibility index (Phi) is 4.52. The summed E-state index contributed by atoms with van der Waals surface area (Å²) in [6.45, 7) is 9.42. The third-order valence-corrected chi connectivity index (χ3v) is 5.31. The molecule has 1 aliphatic heterocycles. The lowest BCUT2D eigenvalue weighted by Crippen LogP contribution is -2.45. The van der Waals surface area contributed by atoms with Crippen molar-refractivity contribution in [1.82, 2.24) is 10.2 Å². The summed E-state index contributed by atoms with van der Waals surface area (Å²) < 4.78 is 0. The third-order valence-electron chi connectivity index (χ3n) is 5.31. The van der Waals surface area contributed by atoms with Crippen molar-refractivity contribution in [3.05, 3.63) is 0 Å². The van der Waals surface area contributed by atoms with Crippen molar-refractivity contribution >= 4 is 11.8 Å². The predicted octanol–water partition coefficient (Wildman–Crippen LogP) is 2.33. The lowest BCUT2D eigenvalue weighted by atomic mass is 9.92. The molecule has 0 spiro atoms. The topological polar surface area (TPSA) is 49.4 Å². The zero-order valence-electron chi connectivity index (χ0n) is 13.2. The van der Waals surface area contributed by atoms with Gasteiger partial charge in [0.05, 0.1) is 12.5 Å². The van der Waals surface area contributed by atoms with E-state index >= 15 is 0 Å². The fraction of sp³-hybridized carbons (Fsp3) is 0.875. The number of imide groups is 1. The van der Waals surface area contributed by atoms with Crippen LogP contribution in [0.4, 0.5) is 0 Å². The fourth-order valence-corrected chi connectivity index (χ4v) is 3.29. The summed E-state index contributed by atoms with van der Waals surface area (Å²) in [5.74, 6) is 0.621. The molecule has 2 aliphatic rings. The van der Waals surface area contributed by atoms with Crippen molar-refractivity contribution in [1.29, 1.82) is 0 Å². The number of hydrogen-bond acceptors (Lipinski definition) is 3. The Morgan fingerprint density at radius 2 is 1.85 bits per heavy atom. The van der Waals surface area contributed by atoms with Crippen molar-refractivity contribution in [2.24, 2.45) is 11.3 Å². The maximum atomic E-state index is 12.4. The van der Waals surface area contributed by atoms with Crippen LogP contribution in [-0.2, 0) is 9.59 Å². The molecule has 2 fully saturated rings. The van der Waals surface area contributed by atoms with Crippen LogP contribution >= 0.6 is 0 Å². The average molecular weight is 280 g/mol. The molecule has 2 rings (SSSR count). The molecule has 1 aliphatic carbocycles. The quantitative estimate of drug-likeness (QED) is 0.728. The van der Waals surface area contributed by atoms with E-state index in [1.807, 2.05) is 13.8 Å². The molecule has 114 valence electrons. The molecule has 1 saturated heterocycles. The van der Waals surface area contributed by atoms with Crippen molar-refractivity contribution in [3.63, 3.8) is 0 Å². The second-order valence-electron chi connectivity index (χ2n) is 6.73. The van der Waals surface area contributed by atoms with Gasteiger partial charge in [-0.3, -0.25) is 14.5 Å². The molecule has 1 heterocycles. The predicted molar refractivity (Wildman–Crippen MR) is 79.1 cm³/mol. The van der Waals surface area contributed by atoms with Crippen LogP contribution in [0.2, 0.25) is 0 Å². The Balaban J connectivity index is 1.95. The summed E-state index contributed by atoms with van der Waals surface area (Å²) in [4.78, 5) is 26.0. The van der Waals surface area contributed by atoms with Gasteiger partial charge >= 0.3 is 0 Å². The zero-order chi connectivity index (χ0) is 14.9. The van der Waals surface area contributed by atoms with E-state index in [4.69, 9.17) is 0 Å². The summed E-state index contributed by atoms with van der Waals surface area (Å²) in [5.41, 5.74) is 0.367. The second-order valence-corrected chi connectivity index (χ2v) is 6.73. The smallest absolute Gasteiger partial charge is 0.247 e. The van der Waals surface area contributed by atoms with Gasteiger partial charge in [-0.15, -0.1) is 0 Å². The van der Waals surface area contributed by atoms with E-state index < -0.39 is 0 Å². The van der Waals surface area contributed by atoms with Gasteiger partial charge in [-0.05, 0) is 37.0 Å². The number of hydrogen-bond donors (Lipinski definition) is 1. The molecule has 0 bridgehead atoms. The van der Waals surface area contributed by atoms with Crippen LogP contribution in [0.1, 0.15) is 59.8 Å². The van der Waals surface area contributed by atoms with Crippen molar-refractivity contribution < 1.29 is 9.59 Å². The minimum Gasteiger partial charge on any atom is -0.305 e. The molecule has 2 amide bonds. The fourth-order valence-electron chi connectivity index (χ4n) is 3.29. The van der Waals surface area contributed by atoms with Gasteiger partial charge in [-0.2, -0.15) is 0 Å². The zero-order valence-corrected chi connectivity index (χ0v) is 13.2. The van der Waals surface area contributed by atoms with Gasteiger partial charge in [-0.1, -0.05) is 27.7 Å². The Labute approximate surface area is 122 Å². The van der Waals surface area contributed by atoms with E-state index in [9.17, 15) is 9.59 Å². The molecule has 0 aromatic carbocycles. The standard InChI is InChI=1S/C16H28N2O2/c1-5-12(6-2)18-14(19)9-13(15(18)20)17-10-16(7-8-16)11(3)4/h11-13,17H,5-10H2,1-4H3. The number of nitrogens with zero attached hydrogens (tertiary/aromatic N) is 1. The lowest BCUT2D eigenvalue weighted by molar-refractivity contribution is -0.141. The summed E-state index contributed by atoms with van der Waals surface area (Å²) >= 11 is 0. The van der Waals surface area contributed by atoms with Crippen LogP contribution in [0.25, 0.3) is 0 Å². The van der Waals surface area contributed by atoms with Crippen molar-refractivity contribution in [2.45, 2.75) is 71.9 Å². The molecule has 1 saturated carbocycles. The molecule has 0 aromatic rings. The molecular weight excluding hydrogens is 252 g/mol. The highest BCUT2D eigenvalue weighted by atomic mass is 16.2. The highest BCUT2D eigenvalue weighted by Gasteiger charge is 2.47. The van der Waals surface area contributed by atoms with Gasteiger partial charge in [0.1, 0.15) is 0 Å². The molecule has 0 aromatic heterocycles. The van der Waals surface area contributed by atoms with Crippen molar-refractivity contribution in [3.8, 4) is 0 Å². The summed E-state index contributed by atoms with van der Waals surface area (Å²) in [7, 11) is 0. The summed E-state index contributed by atoms with van der Waals surface area (Å²) in [6, 6.07) is -0.221. The van der Waals surface area contributed by atoms with E-state index in [1.165, 1.54) is 17.7 Å². The van der Waals surface area contributed by atoms with Crippen LogP contribution in [0.5, 0.6) is 0 Å². The monoisotopic (exact) mass is 280 g/mol. The SMILES string of the molecule is CCC(CC)N1C(=O)CC(NCC2(C(C)C)CC2)C1=O. The van der Waals surface area contributed by atoms with E-state index in [0.29, 0.717) is 17.8 Å². The Morgan fingerprint density at radius 1 is 1.25 bits per heavy atom. The van der Waals surface area contributed by atoms with Gasteiger partial charge in [0, 0.05) is 12.6 Å². The van der Waals surface area contributed by atoms with Gasteiger partial charge in [0.2, 0.25) is 11.8 Å². The van der Waals surface area contributed by atoms with E-state index in [2.05, 4.69) is 19.2 Å². The highest BCUT2D eigenvalue weighted by Crippen LogP contribution is 2.51. The van der Waals surface area contributed by atoms with Crippen LogP contribution in [0.15, 0.2) is 0 Å². The Hall–Kier alpha value is -0.900. The van der Waals surface area contributed by atoms with Gasteiger partial charge in [0.25, 0.3) is 0 Å². The molecule has 0 radical (unpaired) electrons. The first-order chi connectivity index (χ1) is 9.45. The average Bonchev–Trinajstić information content (AvgIpc) is 3.15. The van der Waals surface area contributed by atoms with Gasteiger partial charge < -0.3 is 5.32 Å². The maximum absolute atomic E-state index is 12.4. The molecule has 4 nitrogen and oxygen atoms in total. The normalized spacial score (nSPS) is 25.1. The number of likely N-dealkylation sites (tertiary alicyclic amines) is 1. The second kappa shape index (κ2) is 5.84. The number of rotatable bonds is 7. The minimum atomic E-state index is -0.292. The van der Waals surface area contributed by atoms with Crippen molar-refractivity contribution in [2.75, 3.05) is 6.54 Å². The van der Waals surface area contributed by atoms with Crippen LogP contribution in [0.3, 0.4) is 0 Å². The third kappa shape index (κ3) is 2.76. The van der Waals surface area contributed by atoms with Crippen LogP contribution in [0, 0.1) is 11.3 Å². The molecule has 1 N–H and O–H groups in total. The first kappa shape index (κ1) is 15.5. The molecule has 20 heavy (non-hydrogen) atoms. The first-order valence-electron chi connectivity index (χ1n) is 8.04. The minimum absolute atomic E-state index is 0.00408. The number of carbonyl (C=O) groups is 2. The van der Waals surface area contributed by atoms with E-state index in [0.717, 1.165) is 19.4 Å². The lowest BCUT2D eigenvalue weighted by Gasteiger charge is -2.25. The summed E-state index contributed by atoms with van der Waals surface area (Å²) in [5, 5.41) is 3.37. The Bertz CT molecular complexity index is 384. The molecular formula is C16H28N2O2. The number of amides is 2.